The minimum absolute atomic E-state index is 0.242. The maximum Gasteiger partial charge on any atom is 0.328 e. The zero-order valence-electron chi connectivity index (χ0n) is 7.20. The molecule has 0 saturated heterocycles. The lowest BCUT2D eigenvalue weighted by Gasteiger charge is -2.23. The van der Waals surface area contributed by atoms with Crippen LogP contribution in [0.5, 0.6) is 0 Å². The molecule has 0 spiro atoms. The predicted molar refractivity (Wildman–Crippen MR) is 45.0 cm³/mol. The fraction of sp³-hybridized carbons (Fsp3) is 0.833. The van der Waals surface area contributed by atoms with Gasteiger partial charge in [-0.1, -0.05) is 13.3 Å². The van der Waals surface area contributed by atoms with Crippen LogP contribution in [0.3, 0.4) is 0 Å². The van der Waals surface area contributed by atoms with Crippen molar-refractivity contribution in [3.05, 3.63) is 0 Å². The lowest BCUT2D eigenvalue weighted by Crippen LogP contribution is -2.39. The van der Waals surface area contributed by atoms with Gasteiger partial charge in [0.15, 0.2) is 0 Å². The highest BCUT2D eigenvalue weighted by atomic mass is 32.2. The van der Waals surface area contributed by atoms with E-state index in [1.807, 2.05) is 6.92 Å². The molecule has 0 fully saturated rings. The summed E-state index contributed by atoms with van der Waals surface area (Å²) < 4.78 is 21.7. The summed E-state index contributed by atoms with van der Waals surface area (Å²) in [5.41, 5.74) is 0. The summed E-state index contributed by atoms with van der Waals surface area (Å²) in [5, 5.41) is 2.25. The Kier molecular flexibility index (Phi) is 5.65. The van der Waals surface area contributed by atoms with Gasteiger partial charge in [-0.05, 0) is 6.42 Å². The first kappa shape index (κ1) is 11.4. The highest BCUT2D eigenvalue weighted by Gasteiger charge is 2.10. The van der Waals surface area contributed by atoms with Gasteiger partial charge in [-0.15, -0.1) is 0 Å². The Morgan fingerprint density at radius 3 is 2.58 bits per heavy atom. The van der Waals surface area contributed by atoms with Crippen LogP contribution in [0.4, 0.5) is 4.79 Å². The minimum atomic E-state index is -2.46. The summed E-state index contributed by atoms with van der Waals surface area (Å²) in [4.78, 5) is 10.9. The molecule has 72 valence electrons. The maximum absolute atomic E-state index is 10.9. The third-order valence-electron chi connectivity index (χ3n) is 1.34. The number of unbranched alkanes of at least 4 members (excludes halogenated alkanes) is 1. The van der Waals surface area contributed by atoms with E-state index in [0.29, 0.717) is 6.42 Å². The first-order valence-corrected chi connectivity index (χ1v) is 4.75. The summed E-state index contributed by atoms with van der Waals surface area (Å²) in [6.45, 7) is 2.17. The molecule has 0 saturated carbocycles. The number of nitrogens with one attached hydrogen (secondary N) is 1. The van der Waals surface area contributed by atoms with Gasteiger partial charge in [0.25, 0.3) is 0 Å². The highest BCUT2D eigenvalue weighted by Crippen LogP contribution is 1.97. The molecule has 0 aromatic rings. The first-order chi connectivity index (χ1) is 5.63. The van der Waals surface area contributed by atoms with Crippen LogP contribution < -0.4 is 5.32 Å². The topological polar surface area (TPSA) is 72.5 Å². The summed E-state index contributed by atoms with van der Waals surface area (Å²) >= 11 is -2.46. The van der Waals surface area contributed by atoms with Crippen molar-refractivity contribution in [2.24, 2.45) is 0 Å². The third-order valence-corrected chi connectivity index (χ3v) is 2.04. The van der Waals surface area contributed by atoms with Crippen LogP contribution in [0, 0.1) is 0 Å². The molecule has 0 aliphatic carbocycles. The molecule has 0 heterocycles. The van der Waals surface area contributed by atoms with E-state index in [-0.39, 0.29) is 6.54 Å². The summed E-state index contributed by atoms with van der Waals surface area (Å²) in [6, 6.07) is -0.586. The van der Waals surface area contributed by atoms with Crippen LogP contribution in [0.1, 0.15) is 19.8 Å². The number of carbonyl (C=O) groups excluding carboxylic acids is 1. The number of amides is 2. The van der Waals surface area contributed by atoms with E-state index in [9.17, 15) is 13.6 Å². The zero-order valence-corrected chi connectivity index (χ0v) is 8.02. The van der Waals surface area contributed by atoms with Crippen molar-refractivity contribution in [3.8, 4) is 0 Å². The monoisotopic (exact) mass is 193 g/mol. The Balaban J connectivity index is 4.04. The standard InChI is InChI=1S/C6H14N2O3S/c1-3-4-5-8(12(10)11)6(9)7-2/h3-5H2,1-2H3,(H,7,9)(H,10,11)/p-1. The summed E-state index contributed by atoms with van der Waals surface area (Å²) in [6.07, 6.45) is 1.53. The molecular formula is C6H13N2O3S-. The smallest absolute Gasteiger partial charge is 0.328 e. The largest absolute Gasteiger partial charge is 0.755 e. The number of hydrogen-bond donors (Lipinski definition) is 1. The SMILES string of the molecule is CCCCN(C(=O)NC)S(=O)[O-]. The van der Waals surface area contributed by atoms with Crippen molar-refractivity contribution in [1.82, 2.24) is 9.62 Å². The maximum atomic E-state index is 10.9. The molecule has 0 aliphatic heterocycles. The molecule has 12 heavy (non-hydrogen) atoms. The van der Waals surface area contributed by atoms with Crippen LogP contribution in [-0.4, -0.2) is 32.7 Å². The molecule has 5 nitrogen and oxygen atoms in total. The molecular weight excluding hydrogens is 180 g/mol. The number of nitrogens with zero attached hydrogens (tertiary/aromatic N) is 1. The second-order valence-electron chi connectivity index (χ2n) is 2.23. The number of hydrogen-bond acceptors (Lipinski definition) is 3. The highest BCUT2D eigenvalue weighted by molar-refractivity contribution is 7.77. The van der Waals surface area contributed by atoms with Crippen LogP contribution in [0.25, 0.3) is 0 Å². The Bertz CT molecular complexity index is 174. The number of urea groups is 1. The zero-order chi connectivity index (χ0) is 9.56. The minimum Gasteiger partial charge on any atom is -0.755 e. The van der Waals surface area contributed by atoms with Crippen LogP contribution in [0.15, 0.2) is 0 Å². The van der Waals surface area contributed by atoms with Gasteiger partial charge in [0.2, 0.25) is 0 Å². The quantitative estimate of drug-likeness (QED) is 0.649. The van der Waals surface area contributed by atoms with Crippen LogP contribution >= 0.6 is 0 Å². The van der Waals surface area contributed by atoms with E-state index in [4.69, 9.17) is 0 Å². The Morgan fingerprint density at radius 1 is 1.67 bits per heavy atom. The first-order valence-electron chi connectivity index (χ1n) is 3.72. The Labute approximate surface area is 74.5 Å². The predicted octanol–water partition coefficient (Wildman–Crippen LogP) is 0.222. The Hall–Kier alpha value is -0.620. The van der Waals surface area contributed by atoms with Gasteiger partial charge < -0.3 is 9.87 Å². The van der Waals surface area contributed by atoms with Crippen molar-refractivity contribution in [2.75, 3.05) is 13.6 Å². The third kappa shape index (κ3) is 3.68. The lowest BCUT2D eigenvalue weighted by atomic mass is 10.3. The summed E-state index contributed by atoms with van der Waals surface area (Å²) in [5.74, 6) is 0. The van der Waals surface area contributed by atoms with E-state index in [2.05, 4.69) is 5.32 Å². The van der Waals surface area contributed by atoms with Gasteiger partial charge in [0.05, 0.1) is 11.3 Å². The van der Waals surface area contributed by atoms with Gasteiger partial charge in [-0.2, -0.15) is 0 Å². The van der Waals surface area contributed by atoms with Gasteiger partial charge in [-0.3, -0.25) is 8.51 Å². The van der Waals surface area contributed by atoms with Gasteiger partial charge >= 0.3 is 6.03 Å². The molecule has 0 bridgehead atoms. The van der Waals surface area contributed by atoms with Crippen LogP contribution in [0.2, 0.25) is 0 Å². The van der Waals surface area contributed by atoms with Crippen molar-refractivity contribution in [2.45, 2.75) is 19.8 Å². The fourth-order valence-electron chi connectivity index (χ4n) is 0.670. The molecule has 0 aliphatic rings. The molecule has 1 atom stereocenters. The van der Waals surface area contributed by atoms with E-state index < -0.39 is 17.3 Å². The normalized spacial score (nSPS) is 12.2. The van der Waals surface area contributed by atoms with Crippen LogP contribution in [-0.2, 0) is 11.3 Å². The van der Waals surface area contributed by atoms with Gasteiger partial charge in [0.1, 0.15) is 0 Å². The molecule has 0 rings (SSSR count). The van der Waals surface area contributed by atoms with Gasteiger partial charge in [0, 0.05) is 13.6 Å². The van der Waals surface area contributed by atoms with E-state index >= 15 is 0 Å². The van der Waals surface area contributed by atoms with E-state index in [0.717, 1.165) is 10.7 Å². The van der Waals surface area contributed by atoms with Crippen molar-refractivity contribution >= 4 is 17.3 Å². The molecule has 0 aromatic carbocycles. The summed E-state index contributed by atoms with van der Waals surface area (Å²) in [7, 11) is 1.40. The second kappa shape index (κ2) is 5.96. The molecule has 6 heteroatoms. The molecule has 1 unspecified atom stereocenters. The molecule has 2 amide bonds. The van der Waals surface area contributed by atoms with E-state index in [1.54, 1.807) is 0 Å². The number of rotatable bonds is 4. The van der Waals surface area contributed by atoms with Crippen molar-refractivity contribution in [3.63, 3.8) is 0 Å². The van der Waals surface area contributed by atoms with Crippen molar-refractivity contribution in [1.29, 1.82) is 0 Å². The Morgan fingerprint density at radius 2 is 2.25 bits per heavy atom. The van der Waals surface area contributed by atoms with Crippen molar-refractivity contribution < 1.29 is 13.6 Å². The average Bonchev–Trinajstić information content (AvgIpc) is 2.04. The molecule has 1 N–H and O–H groups in total. The lowest BCUT2D eigenvalue weighted by molar-refractivity contribution is 0.223. The van der Waals surface area contributed by atoms with Gasteiger partial charge in [-0.25, -0.2) is 4.79 Å². The fourth-order valence-corrected chi connectivity index (χ4v) is 1.18. The molecule has 0 radical (unpaired) electrons. The van der Waals surface area contributed by atoms with E-state index in [1.165, 1.54) is 7.05 Å². The molecule has 0 aromatic heterocycles. The second-order valence-corrected chi connectivity index (χ2v) is 3.10. The average molecular weight is 193 g/mol. The number of carbonyl (C=O) groups is 1.